The molecule has 0 saturated heterocycles. The predicted octanol–water partition coefficient (Wildman–Crippen LogP) is 2.48. The molecule has 0 spiro atoms. The van der Waals surface area contributed by atoms with Gasteiger partial charge in [-0.15, -0.1) is 0 Å². The molecule has 114 valence electrons. The Morgan fingerprint density at radius 2 is 1.95 bits per heavy atom. The van der Waals surface area contributed by atoms with Crippen LogP contribution in [0.15, 0.2) is 24.3 Å². The molecule has 0 unspecified atom stereocenters. The zero-order valence-electron chi connectivity index (χ0n) is 11.6. The minimum absolute atomic E-state index is 0.146. The zero-order chi connectivity index (χ0) is 15.3. The number of benzene rings is 1. The van der Waals surface area contributed by atoms with Crippen molar-refractivity contribution in [2.75, 3.05) is 13.2 Å². The number of hydrogen-bond acceptors (Lipinski definition) is 3. The van der Waals surface area contributed by atoms with Crippen molar-refractivity contribution < 1.29 is 19.4 Å². The maximum atomic E-state index is 11.8. The average Bonchev–Trinajstić information content (AvgIpc) is 2.94. The van der Waals surface area contributed by atoms with E-state index in [9.17, 15) is 14.7 Å². The van der Waals surface area contributed by atoms with Gasteiger partial charge in [-0.2, -0.15) is 0 Å². The molecule has 1 aliphatic carbocycles. The lowest BCUT2D eigenvalue weighted by Gasteiger charge is -2.23. The molecule has 0 aromatic heterocycles. The Morgan fingerprint density at radius 1 is 1.29 bits per heavy atom. The van der Waals surface area contributed by atoms with Gasteiger partial charge in [0.1, 0.15) is 5.75 Å². The van der Waals surface area contributed by atoms with Gasteiger partial charge in [0.15, 0.2) is 6.61 Å². The predicted molar refractivity (Wildman–Crippen MR) is 78.5 cm³/mol. The molecule has 6 heteroatoms. The van der Waals surface area contributed by atoms with Crippen molar-refractivity contribution in [2.45, 2.75) is 25.7 Å². The maximum Gasteiger partial charge on any atom is 0.311 e. The van der Waals surface area contributed by atoms with Gasteiger partial charge < -0.3 is 15.2 Å². The van der Waals surface area contributed by atoms with Crippen molar-refractivity contribution in [3.8, 4) is 5.75 Å². The van der Waals surface area contributed by atoms with Crippen LogP contribution in [0.5, 0.6) is 5.75 Å². The van der Waals surface area contributed by atoms with E-state index in [0.717, 1.165) is 12.8 Å². The highest BCUT2D eigenvalue weighted by molar-refractivity contribution is 6.32. The summed E-state index contributed by atoms with van der Waals surface area (Å²) in [6, 6.07) is 6.88. The van der Waals surface area contributed by atoms with Crippen LogP contribution in [0, 0.1) is 5.41 Å². The summed E-state index contributed by atoms with van der Waals surface area (Å²) in [4.78, 5) is 23.1. The molecule has 0 aliphatic heterocycles. The van der Waals surface area contributed by atoms with Gasteiger partial charge in [-0.3, -0.25) is 9.59 Å². The molecule has 1 amide bonds. The molecule has 1 fully saturated rings. The third-order valence-electron chi connectivity index (χ3n) is 3.83. The fourth-order valence-corrected chi connectivity index (χ4v) is 2.73. The number of halogens is 1. The van der Waals surface area contributed by atoms with Gasteiger partial charge in [0.25, 0.3) is 5.91 Å². The van der Waals surface area contributed by atoms with Crippen LogP contribution in [0.1, 0.15) is 25.7 Å². The monoisotopic (exact) mass is 311 g/mol. The van der Waals surface area contributed by atoms with Gasteiger partial charge in [0.2, 0.25) is 0 Å². The molecule has 0 bridgehead atoms. The Morgan fingerprint density at radius 3 is 2.57 bits per heavy atom. The van der Waals surface area contributed by atoms with E-state index in [1.807, 2.05) is 0 Å². The average molecular weight is 312 g/mol. The number of ether oxygens (including phenoxy) is 1. The summed E-state index contributed by atoms with van der Waals surface area (Å²) in [6.07, 6.45) is 2.98. The molecule has 1 saturated carbocycles. The molecular weight excluding hydrogens is 294 g/mol. The van der Waals surface area contributed by atoms with Gasteiger partial charge in [-0.1, -0.05) is 36.6 Å². The number of para-hydroxylation sites is 1. The van der Waals surface area contributed by atoms with E-state index >= 15 is 0 Å². The van der Waals surface area contributed by atoms with Crippen LogP contribution in [0.25, 0.3) is 0 Å². The number of carboxylic acids is 1. The van der Waals surface area contributed by atoms with Crippen molar-refractivity contribution >= 4 is 23.5 Å². The first-order valence-electron chi connectivity index (χ1n) is 6.91. The summed E-state index contributed by atoms with van der Waals surface area (Å²) in [6.45, 7) is -0.0352. The van der Waals surface area contributed by atoms with Crippen molar-refractivity contribution in [1.29, 1.82) is 0 Å². The van der Waals surface area contributed by atoms with Crippen LogP contribution in [0.2, 0.25) is 5.02 Å². The molecule has 1 aromatic carbocycles. The molecular formula is C15H18ClNO4. The second kappa shape index (κ2) is 6.80. The summed E-state index contributed by atoms with van der Waals surface area (Å²) in [7, 11) is 0. The van der Waals surface area contributed by atoms with E-state index < -0.39 is 11.4 Å². The van der Waals surface area contributed by atoms with Crippen LogP contribution in [-0.2, 0) is 9.59 Å². The summed E-state index contributed by atoms with van der Waals surface area (Å²) < 4.78 is 5.32. The van der Waals surface area contributed by atoms with Crippen LogP contribution in [0.3, 0.4) is 0 Å². The lowest BCUT2D eigenvalue weighted by Crippen LogP contribution is -2.42. The minimum atomic E-state index is -0.840. The number of carbonyl (C=O) groups excluding carboxylic acids is 1. The van der Waals surface area contributed by atoms with Crippen molar-refractivity contribution in [1.82, 2.24) is 5.32 Å². The Bertz CT molecular complexity index is 526. The van der Waals surface area contributed by atoms with E-state index in [1.165, 1.54) is 0 Å². The highest BCUT2D eigenvalue weighted by Gasteiger charge is 2.41. The summed E-state index contributed by atoms with van der Waals surface area (Å²) >= 11 is 5.92. The Balaban J connectivity index is 1.82. The third kappa shape index (κ3) is 3.88. The van der Waals surface area contributed by atoms with Crippen LogP contribution in [-0.4, -0.2) is 30.1 Å². The lowest BCUT2D eigenvalue weighted by molar-refractivity contribution is -0.148. The number of rotatable bonds is 6. The fraction of sp³-hybridized carbons (Fsp3) is 0.467. The minimum Gasteiger partial charge on any atom is -0.482 e. The Hall–Kier alpha value is -1.75. The number of carbonyl (C=O) groups is 2. The van der Waals surface area contributed by atoms with E-state index in [0.29, 0.717) is 23.6 Å². The van der Waals surface area contributed by atoms with Gasteiger partial charge in [-0.05, 0) is 25.0 Å². The first kappa shape index (κ1) is 15.6. The van der Waals surface area contributed by atoms with Crippen LogP contribution < -0.4 is 10.1 Å². The van der Waals surface area contributed by atoms with Gasteiger partial charge in [0.05, 0.1) is 10.4 Å². The second-order valence-electron chi connectivity index (χ2n) is 5.29. The van der Waals surface area contributed by atoms with E-state index in [4.69, 9.17) is 16.3 Å². The van der Waals surface area contributed by atoms with Crippen molar-refractivity contribution in [2.24, 2.45) is 5.41 Å². The molecule has 0 atom stereocenters. The van der Waals surface area contributed by atoms with Crippen molar-refractivity contribution in [3.05, 3.63) is 29.3 Å². The molecule has 5 nitrogen and oxygen atoms in total. The fourth-order valence-electron chi connectivity index (χ4n) is 2.54. The number of carboxylic acid groups (broad SMARTS) is 1. The second-order valence-corrected chi connectivity index (χ2v) is 5.70. The maximum absolute atomic E-state index is 11.8. The number of aliphatic carboxylic acids is 1. The normalized spacial score (nSPS) is 16.4. The molecule has 21 heavy (non-hydrogen) atoms. The number of nitrogens with one attached hydrogen (secondary N) is 1. The lowest BCUT2D eigenvalue weighted by atomic mass is 9.86. The molecule has 0 heterocycles. The van der Waals surface area contributed by atoms with E-state index in [1.54, 1.807) is 24.3 Å². The largest absolute Gasteiger partial charge is 0.482 e. The molecule has 2 rings (SSSR count). The first-order chi connectivity index (χ1) is 10.0. The van der Waals surface area contributed by atoms with Crippen LogP contribution >= 0.6 is 11.6 Å². The SMILES string of the molecule is O=C(COc1ccccc1Cl)NCC1(C(=O)O)CCCC1. The summed E-state index contributed by atoms with van der Waals surface area (Å²) in [5.41, 5.74) is -0.819. The van der Waals surface area contributed by atoms with Gasteiger partial charge >= 0.3 is 5.97 Å². The number of amides is 1. The Kier molecular flexibility index (Phi) is 5.07. The van der Waals surface area contributed by atoms with Crippen LogP contribution in [0.4, 0.5) is 0 Å². The highest BCUT2D eigenvalue weighted by Crippen LogP contribution is 2.37. The smallest absolute Gasteiger partial charge is 0.311 e. The quantitative estimate of drug-likeness (QED) is 0.846. The first-order valence-corrected chi connectivity index (χ1v) is 7.29. The zero-order valence-corrected chi connectivity index (χ0v) is 12.4. The standard InChI is InChI=1S/C15H18ClNO4/c16-11-5-1-2-6-12(11)21-9-13(18)17-10-15(14(19)20)7-3-4-8-15/h1-2,5-6H,3-4,7-10H2,(H,17,18)(H,19,20). The topological polar surface area (TPSA) is 75.6 Å². The molecule has 0 radical (unpaired) electrons. The van der Waals surface area contributed by atoms with Gasteiger partial charge in [-0.25, -0.2) is 0 Å². The third-order valence-corrected chi connectivity index (χ3v) is 4.15. The number of hydrogen-bond donors (Lipinski definition) is 2. The molecule has 1 aromatic rings. The highest BCUT2D eigenvalue weighted by atomic mass is 35.5. The summed E-state index contributed by atoms with van der Waals surface area (Å²) in [5.74, 6) is -0.752. The molecule has 2 N–H and O–H groups in total. The van der Waals surface area contributed by atoms with E-state index in [-0.39, 0.29) is 19.1 Å². The van der Waals surface area contributed by atoms with Gasteiger partial charge in [0, 0.05) is 6.54 Å². The summed E-state index contributed by atoms with van der Waals surface area (Å²) in [5, 5.41) is 12.4. The van der Waals surface area contributed by atoms with E-state index in [2.05, 4.69) is 5.32 Å². The Labute approximate surface area is 128 Å². The van der Waals surface area contributed by atoms with Crippen molar-refractivity contribution in [3.63, 3.8) is 0 Å². The molecule has 1 aliphatic rings.